The average molecular weight is 458 g/mol. The molecule has 0 spiro atoms. The molecule has 4 heteroatoms. The largest absolute Gasteiger partial charge is 0.389 e. The Hall–Kier alpha value is -4.15. The van der Waals surface area contributed by atoms with Crippen LogP contribution in [-0.2, 0) is 13.1 Å². The third-order valence-corrected chi connectivity index (χ3v) is 6.78. The Morgan fingerprint density at radius 3 is 2.14 bits per heavy atom. The Balaban J connectivity index is 1.65. The van der Waals surface area contributed by atoms with Gasteiger partial charge in [0, 0.05) is 28.7 Å². The Bertz CT molecular complexity index is 1610. The average Bonchev–Trinajstić information content (AvgIpc) is 3.45. The first-order valence-electron chi connectivity index (χ1n) is 12.0. The van der Waals surface area contributed by atoms with Gasteiger partial charge in [0.05, 0.1) is 30.4 Å². The third kappa shape index (κ3) is 3.82. The molecule has 4 aromatic carbocycles. The third-order valence-electron chi connectivity index (χ3n) is 6.78. The topological polar surface area (TPSA) is 43.0 Å². The summed E-state index contributed by atoms with van der Waals surface area (Å²) in [5.41, 5.74) is 5.79. The van der Waals surface area contributed by atoms with Crippen molar-refractivity contribution in [3.05, 3.63) is 115 Å². The highest BCUT2D eigenvalue weighted by Gasteiger charge is 2.23. The van der Waals surface area contributed by atoms with Gasteiger partial charge in [0.1, 0.15) is 5.82 Å². The number of aliphatic hydroxyl groups is 1. The molecular weight excluding hydrogens is 430 g/mol. The summed E-state index contributed by atoms with van der Waals surface area (Å²) >= 11 is 0. The number of aliphatic hydroxyl groups excluding tert-OH is 1. The van der Waals surface area contributed by atoms with Crippen molar-refractivity contribution in [1.29, 1.82) is 0 Å². The highest BCUT2D eigenvalue weighted by Crippen LogP contribution is 2.43. The molecule has 4 nitrogen and oxygen atoms in total. The first-order chi connectivity index (χ1) is 17.2. The van der Waals surface area contributed by atoms with Gasteiger partial charge in [-0.05, 0) is 23.4 Å². The Morgan fingerprint density at radius 1 is 0.743 bits per heavy atom. The highest BCUT2D eigenvalue weighted by atomic mass is 16.3. The second kappa shape index (κ2) is 8.90. The molecule has 0 aliphatic rings. The van der Waals surface area contributed by atoms with Crippen molar-refractivity contribution in [2.75, 3.05) is 0 Å². The zero-order valence-corrected chi connectivity index (χ0v) is 19.7. The van der Waals surface area contributed by atoms with Crippen LogP contribution in [0.15, 0.2) is 109 Å². The molecule has 0 saturated heterocycles. The standard InChI is InChI=1S/C31H27N3O/c1-22-32-18-19-33(22)20-26(35)21-34-30(25-13-6-3-7-14-25)29(24-11-4-2-5-12-24)28-17-16-23-10-8-9-15-27(23)31(28)34/h2-19,26,35H,20-21H2,1H3/t26-/m0/s1. The van der Waals surface area contributed by atoms with Crippen molar-refractivity contribution in [3.8, 4) is 22.4 Å². The number of hydrogen-bond acceptors (Lipinski definition) is 2. The Kier molecular flexibility index (Phi) is 5.44. The predicted octanol–water partition coefficient (Wildman–Crippen LogP) is 6.69. The lowest BCUT2D eigenvalue weighted by atomic mass is 9.97. The number of aromatic nitrogens is 3. The maximum absolute atomic E-state index is 11.3. The van der Waals surface area contributed by atoms with Crippen LogP contribution in [-0.4, -0.2) is 25.3 Å². The van der Waals surface area contributed by atoms with Crippen LogP contribution < -0.4 is 0 Å². The molecule has 0 bridgehead atoms. The van der Waals surface area contributed by atoms with Crippen LogP contribution in [0, 0.1) is 6.92 Å². The lowest BCUT2D eigenvalue weighted by Gasteiger charge is -2.18. The maximum Gasteiger partial charge on any atom is 0.105 e. The monoisotopic (exact) mass is 457 g/mol. The zero-order chi connectivity index (χ0) is 23.8. The van der Waals surface area contributed by atoms with E-state index in [1.165, 1.54) is 27.3 Å². The number of rotatable bonds is 6. The minimum absolute atomic E-state index is 0.471. The fraction of sp³-hybridized carbons (Fsp3) is 0.129. The van der Waals surface area contributed by atoms with Gasteiger partial charge >= 0.3 is 0 Å². The number of fused-ring (bicyclic) bond motifs is 3. The molecule has 1 atom stereocenters. The molecule has 0 amide bonds. The van der Waals surface area contributed by atoms with E-state index in [1.54, 1.807) is 6.20 Å². The molecular formula is C31H27N3O. The van der Waals surface area contributed by atoms with Crippen molar-refractivity contribution < 1.29 is 5.11 Å². The van der Waals surface area contributed by atoms with E-state index in [0.717, 1.165) is 22.6 Å². The van der Waals surface area contributed by atoms with Crippen LogP contribution in [0.4, 0.5) is 0 Å². The van der Waals surface area contributed by atoms with Crippen LogP contribution in [0.1, 0.15) is 5.82 Å². The van der Waals surface area contributed by atoms with Gasteiger partial charge in [-0.25, -0.2) is 4.98 Å². The van der Waals surface area contributed by atoms with Crippen molar-refractivity contribution >= 4 is 21.7 Å². The normalized spacial score (nSPS) is 12.4. The van der Waals surface area contributed by atoms with Crippen LogP contribution >= 0.6 is 0 Å². The van der Waals surface area contributed by atoms with Gasteiger partial charge in [0.15, 0.2) is 0 Å². The van der Waals surface area contributed by atoms with Gasteiger partial charge < -0.3 is 14.2 Å². The maximum atomic E-state index is 11.3. The van der Waals surface area contributed by atoms with Crippen molar-refractivity contribution in [2.45, 2.75) is 26.1 Å². The molecule has 0 radical (unpaired) electrons. The highest BCUT2D eigenvalue weighted by molar-refractivity contribution is 6.15. The lowest BCUT2D eigenvalue weighted by molar-refractivity contribution is 0.135. The number of imidazole rings is 1. The van der Waals surface area contributed by atoms with Crippen LogP contribution in [0.5, 0.6) is 0 Å². The quantitative estimate of drug-likeness (QED) is 0.303. The van der Waals surface area contributed by atoms with E-state index >= 15 is 0 Å². The summed E-state index contributed by atoms with van der Waals surface area (Å²) in [7, 11) is 0. The molecule has 172 valence electrons. The second-order valence-corrected chi connectivity index (χ2v) is 9.03. The van der Waals surface area contributed by atoms with Gasteiger partial charge in [-0.2, -0.15) is 0 Å². The minimum Gasteiger partial charge on any atom is -0.389 e. The van der Waals surface area contributed by atoms with Crippen molar-refractivity contribution in [2.24, 2.45) is 0 Å². The molecule has 0 aliphatic heterocycles. The number of aryl methyl sites for hydroxylation is 1. The second-order valence-electron chi connectivity index (χ2n) is 9.03. The molecule has 0 unspecified atom stereocenters. The summed E-state index contributed by atoms with van der Waals surface area (Å²) in [5, 5.41) is 14.9. The summed E-state index contributed by atoms with van der Waals surface area (Å²) < 4.78 is 4.33. The minimum atomic E-state index is -0.580. The van der Waals surface area contributed by atoms with Gasteiger partial charge in [-0.1, -0.05) is 97.1 Å². The van der Waals surface area contributed by atoms with Crippen LogP contribution in [0.25, 0.3) is 44.1 Å². The molecule has 1 N–H and O–H groups in total. The lowest BCUT2D eigenvalue weighted by Crippen LogP contribution is -2.23. The Labute approximate surface area is 204 Å². The molecule has 0 fully saturated rings. The predicted molar refractivity (Wildman–Crippen MR) is 143 cm³/mol. The summed E-state index contributed by atoms with van der Waals surface area (Å²) in [5.74, 6) is 0.903. The fourth-order valence-electron chi connectivity index (χ4n) is 5.19. The first kappa shape index (κ1) is 21.4. The van der Waals surface area contributed by atoms with Gasteiger partial charge in [-0.3, -0.25) is 0 Å². The zero-order valence-electron chi connectivity index (χ0n) is 19.7. The Morgan fingerprint density at radius 2 is 1.43 bits per heavy atom. The summed E-state index contributed by atoms with van der Waals surface area (Å²) in [6.45, 7) is 2.93. The molecule has 2 aromatic heterocycles. The summed E-state index contributed by atoms with van der Waals surface area (Å²) in [6.07, 6.45) is 3.13. The molecule has 2 heterocycles. The fourth-order valence-corrected chi connectivity index (χ4v) is 5.19. The molecule has 0 saturated carbocycles. The van der Waals surface area contributed by atoms with Gasteiger partial charge in [0.25, 0.3) is 0 Å². The number of benzene rings is 4. The van der Waals surface area contributed by atoms with E-state index in [2.05, 4.69) is 101 Å². The van der Waals surface area contributed by atoms with Crippen LogP contribution in [0.3, 0.4) is 0 Å². The van der Waals surface area contributed by atoms with Crippen molar-refractivity contribution in [1.82, 2.24) is 14.1 Å². The molecule has 35 heavy (non-hydrogen) atoms. The van der Waals surface area contributed by atoms with E-state index < -0.39 is 6.10 Å². The first-order valence-corrected chi connectivity index (χ1v) is 12.0. The van der Waals surface area contributed by atoms with Crippen molar-refractivity contribution in [3.63, 3.8) is 0 Å². The summed E-state index contributed by atoms with van der Waals surface area (Å²) in [4.78, 5) is 4.32. The van der Waals surface area contributed by atoms with E-state index in [-0.39, 0.29) is 0 Å². The molecule has 0 aliphatic carbocycles. The van der Waals surface area contributed by atoms with Crippen LogP contribution in [0.2, 0.25) is 0 Å². The van der Waals surface area contributed by atoms with Gasteiger partial charge in [0.2, 0.25) is 0 Å². The molecule has 6 rings (SSSR count). The van der Waals surface area contributed by atoms with E-state index in [4.69, 9.17) is 0 Å². The van der Waals surface area contributed by atoms with E-state index in [1.807, 2.05) is 23.8 Å². The van der Waals surface area contributed by atoms with E-state index in [0.29, 0.717) is 13.1 Å². The van der Waals surface area contributed by atoms with E-state index in [9.17, 15) is 5.11 Å². The molecule has 6 aromatic rings. The number of nitrogens with zero attached hydrogens (tertiary/aromatic N) is 3. The van der Waals surface area contributed by atoms with Gasteiger partial charge in [-0.15, -0.1) is 0 Å². The summed E-state index contributed by atoms with van der Waals surface area (Å²) in [6, 6.07) is 34.0. The smallest absolute Gasteiger partial charge is 0.105 e. The SMILES string of the molecule is Cc1nccn1C[C@H](O)Cn1c(-c2ccccc2)c(-c2ccccc2)c2ccc3ccccc3c21. The number of hydrogen-bond donors (Lipinski definition) is 1.